The minimum Gasteiger partial charge on any atom is -0.211 e. The van der Waals surface area contributed by atoms with Gasteiger partial charge in [-0.15, -0.1) is 0 Å². The quantitative estimate of drug-likeness (QED) is 0.344. The second-order valence-corrected chi connectivity index (χ2v) is 3.85. The Morgan fingerprint density at radius 3 is 2.12 bits per heavy atom. The van der Waals surface area contributed by atoms with Gasteiger partial charge in [-0.1, -0.05) is 0 Å². The topological polar surface area (TPSA) is 88.3 Å². The summed E-state index contributed by atoms with van der Waals surface area (Å²) in [6, 6.07) is 0. The van der Waals surface area contributed by atoms with E-state index >= 15 is 0 Å². The van der Waals surface area contributed by atoms with Crippen molar-refractivity contribution in [3.8, 4) is 0 Å². The Labute approximate surface area is 99.6 Å². The van der Waals surface area contributed by atoms with Gasteiger partial charge in [-0.05, 0) is 32.6 Å². The lowest BCUT2D eigenvalue weighted by Gasteiger charge is -2.21. The summed E-state index contributed by atoms with van der Waals surface area (Å²) in [5.41, 5.74) is -0.563. The lowest BCUT2D eigenvalue weighted by atomic mass is 9.92. The number of unbranched alkanes of at least 4 members (excludes halogenated alkanes) is 1. The highest BCUT2D eigenvalue weighted by atomic mass is 16.1. The van der Waals surface area contributed by atoms with Gasteiger partial charge in [-0.2, -0.15) is 4.99 Å². The summed E-state index contributed by atoms with van der Waals surface area (Å²) in [5.74, 6) is 0. The highest BCUT2D eigenvalue weighted by Gasteiger charge is 2.22. The van der Waals surface area contributed by atoms with Crippen molar-refractivity contribution in [2.45, 2.75) is 38.1 Å². The van der Waals surface area contributed by atoms with Gasteiger partial charge in [0.05, 0.1) is 18.6 Å². The molecule has 0 bridgehead atoms. The molecule has 0 radical (unpaired) electrons. The summed E-state index contributed by atoms with van der Waals surface area (Å²) in [5, 5.41) is 0. The van der Waals surface area contributed by atoms with Gasteiger partial charge in [-0.25, -0.2) is 24.4 Å². The van der Waals surface area contributed by atoms with E-state index in [0.717, 1.165) is 12.8 Å². The van der Waals surface area contributed by atoms with Crippen molar-refractivity contribution in [3.63, 3.8) is 0 Å². The average molecular weight is 237 g/mol. The van der Waals surface area contributed by atoms with Gasteiger partial charge >= 0.3 is 0 Å². The largest absolute Gasteiger partial charge is 0.235 e. The fourth-order valence-electron chi connectivity index (χ4n) is 1.43. The summed E-state index contributed by atoms with van der Waals surface area (Å²) in [7, 11) is 0. The number of hydrogen-bond donors (Lipinski definition) is 0. The van der Waals surface area contributed by atoms with E-state index in [1.165, 1.54) is 18.2 Å². The molecule has 0 aromatic carbocycles. The maximum Gasteiger partial charge on any atom is 0.235 e. The van der Waals surface area contributed by atoms with Gasteiger partial charge in [0.2, 0.25) is 18.2 Å². The summed E-state index contributed by atoms with van der Waals surface area (Å²) in [6.45, 7) is 2.52. The molecule has 0 aromatic rings. The molecule has 0 saturated carbocycles. The van der Waals surface area contributed by atoms with Gasteiger partial charge in [0.1, 0.15) is 0 Å². The molecule has 0 aromatic heterocycles. The molecule has 0 aliphatic heterocycles. The zero-order valence-corrected chi connectivity index (χ0v) is 9.81. The predicted molar refractivity (Wildman–Crippen MR) is 61.0 cm³/mol. The van der Waals surface area contributed by atoms with Gasteiger partial charge in [-0.3, -0.25) is 0 Å². The van der Waals surface area contributed by atoms with Crippen molar-refractivity contribution in [3.05, 3.63) is 0 Å². The molecular formula is C11H15N3O3. The molecule has 0 N–H and O–H groups in total. The zero-order chi connectivity index (χ0) is 13.0. The molecule has 1 unspecified atom stereocenters. The first-order chi connectivity index (χ1) is 8.18. The van der Waals surface area contributed by atoms with Crippen LogP contribution in [0.5, 0.6) is 0 Å². The van der Waals surface area contributed by atoms with Crippen molar-refractivity contribution in [1.29, 1.82) is 0 Å². The number of rotatable bonds is 9. The van der Waals surface area contributed by atoms with Crippen LogP contribution in [0.3, 0.4) is 0 Å². The molecule has 92 valence electrons. The fraction of sp³-hybridized carbons (Fsp3) is 0.727. The van der Waals surface area contributed by atoms with Crippen molar-refractivity contribution in [1.82, 2.24) is 0 Å². The molecule has 0 spiro atoms. The SMILES string of the molecule is CC(CCCCN=C=O)(CCN=C=O)N=C=O. The molecule has 6 heteroatoms. The number of aliphatic imine (C=N–C) groups is 3. The summed E-state index contributed by atoms with van der Waals surface area (Å²) in [6.07, 6.45) is 7.10. The molecule has 17 heavy (non-hydrogen) atoms. The first kappa shape index (κ1) is 15.1. The Balaban J connectivity index is 4.15. The van der Waals surface area contributed by atoms with E-state index in [4.69, 9.17) is 0 Å². The zero-order valence-electron chi connectivity index (χ0n) is 9.81. The smallest absolute Gasteiger partial charge is 0.211 e. The Bertz CT molecular complexity index is 364. The Kier molecular flexibility index (Phi) is 8.35. The minimum atomic E-state index is -0.563. The lowest BCUT2D eigenvalue weighted by molar-refractivity contribution is 0.391. The van der Waals surface area contributed by atoms with E-state index in [1.807, 2.05) is 0 Å². The van der Waals surface area contributed by atoms with Crippen LogP contribution in [-0.4, -0.2) is 36.9 Å². The Morgan fingerprint density at radius 1 is 0.882 bits per heavy atom. The van der Waals surface area contributed by atoms with Gasteiger partial charge in [0, 0.05) is 0 Å². The van der Waals surface area contributed by atoms with E-state index in [0.29, 0.717) is 19.4 Å². The van der Waals surface area contributed by atoms with E-state index in [9.17, 15) is 14.4 Å². The van der Waals surface area contributed by atoms with Gasteiger partial charge in [0.25, 0.3) is 0 Å². The summed E-state index contributed by atoms with van der Waals surface area (Å²) >= 11 is 0. The molecule has 1 atom stereocenters. The molecule has 0 heterocycles. The van der Waals surface area contributed by atoms with Crippen LogP contribution < -0.4 is 0 Å². The first-order valence-corrected chi connectivity index (χ1v) is 5.35. The molecule has 0 saturated heterocycles. The average Bonchev–Trinajstić information content (AvgIpc) is 2.29. The van der Waals surface area contributed by atoms with Crippen LogP contribution in [0, 0.1) is 0 Å². The molecule has 0 aliphatic carbocycles. The number of nitrogens with zero attached hydrogens (tertiary/aromatic N) is 3. The lowest BCUT2D eigenvalue weighted by Crippen LogP contribution is -2.23. The first-order valence-electron chi connectivity index (χ1n) is 5.35. The van der Waals surface area contributed by atoms with Crippen molar-refractivity contribution >= 4 is 18.2 Å². The van der Waals surface area contributed by atoms with Crippen LogP contribution in [-0.2, 0) is 14.4 Å². The molecular weight excluding hydrogens is 222 g/mol. The summed E-state index contributed by atoms with van der Waals surface area (Å²) < 4.78 is 0. The van der Waals surface area contributed by atoms with E-state index < -0.39 is 5.54 Å². The Morgan fingerprint density at radius 2 is 1.53 bits per heavy atom. The van der Waals surface area contributed by atoms with E-state index in [-0.39, 0.29) is 6.54 Å². The van der Waals surface area contributed by atoms with Gasteiger partial charge in [0.15, 0.2) is 0 Å². The maximum absolute atomic E-state index is 10.3. The molecule has 6 nitrogen and oxygen atoms in total. The number of hydrogen-bond acceptors (Lipinski definition) is 6. The van der Waals surface area contributed by atoms with Crippen molar-refractivity contribution in [2.24, 2.45) is 15.0 Å². The third-order valence-corrected chi connectivity index (χ3v) is 2.44. The van der Waals surface area contributed by atoms with Crippen LogP contribution in [0.15, 0.2) is 15.0 Å². The standard InChI is InChI=1S/C11H15N3O3/c1-11(14-10-17,5-7-13-9-16)4-2-3-6-12-8-15/h2-7H2,1H3. The minimum absolute atomic E-state index is 0.289. The van der Waals surface area contributed by atoms with E-state index in [2.05, 4.69) is 15.0 Å². The Hall–Kier alpha value is -1.86. The van der Waals surface area contributed by atoms with Crippen LogP contribution in [0.25, 0.3) is 0 Å². The molecule has 0 amide bonds. The van der Waals surface area contributed by atoms with Crippen LogP contribution >= 0.6 is 0 Å². The van der Waals surface area contributed by atoms with E-state index in [1.54, 1.807) is 6.92 Å². The normalized spacial score (nSPS) is 12.5. The second kappa shape index (κ2) is 9.37. The second-order valence-electron chi connectivity index (χ2n) is 3.85. The predicted octanol–water partition coefficient (Wildman–Crippen LogP) is 1.31. The van der Waals surface area contributed by atoms with Crippen molar-refractivity contribution < 1.29 is 14.4 Å². The van der Waals surface area contributed by atoms with Crippen LogP contribution in [0.4, 0.5) is 0 Å². The fourth-order valence-corrected chi connectivity index (χ4v) is 1.43. The third-order valence-electron chi connectivity index (χ3n) is 2.44. The number of isocyanates is 3. The highest BCUT2D eigenvalue weighted by Crippen LogP contribution is 2.22. The van der Waals surface area contributed by atoms with Crippen LogP contribution in [0.2, 0.25) is 0 Å². The molecule has 0 aliphatic rings. The molecule has 0 fully saturated rings. The monoisotopic (exact) mass is 237 g/mol. The summed E-state index contributed by atoms with van der Waals surface area (Å²) in [4.78, 5) is 40.7. The number of carbonyl (C=O) groups excluding carboxylic acids is 3. The highest BCUT2D eigenvalue weighted by molar-refractivity contribution is 5.35. The maximum atomic E-state index is 10.3. The van der Waals surface area contributed by atoms with Crippen LogP contribution in [0.1, 0.15) is 32.6 Å². The molecule has 0 rings (SSSR count). The van der Waals surface area contributed by atoms with Crippen molar-refractivity contribution in [2.75, 3.05) is 13.1 Å². The third kappa shape index (κ3) is 8.00. The van der Waals surface area contributed by atoms with Gasteiger partial charge < -0.3 is 0 Å².